The van der Waals surface area contributed by atoms with Crippen LogP contribution in [0.5, 0.6) is 0 Å². The van der Waals surface area contributed by atoms with Crippen LogP contribution in [0.3, 0.4) is 0 Å². The number of rotatable bonds is 9. The van der Waals surface area contributed by atoms with E-state index in [9.17, 15) is 5.11 Å². The summed E-state index contributed by atoms with van der Waals surface area (Å²) in [6, 6.07) is 0. The molecule has 1 atom stereocenters. The largest absolute Gasteiger partial charge is 0.385 e. The van der Waals surface area contributed by atoms with Crippen LogP contribution in [-0.4, -0.2) is 22.2 Å². The summed E-state index contributed by atoms with van der Waals surface area (Å²) in [4.78, 5) is 0. The van der Waals surface area contributed by atoms with Crippen molar-refractivity contribution in [2.75, 3.05) is 11.5 Å². The van der Waals surface area contributed by atoms with Crippen LogP contribution < -0.4 is 0 Å². The quantitative estimate of drug-likeness (QED) is 0.437. The van der Waals surface area contributed by atoms with Gasteiger partial charge in [-0.2, -0.15) is 11.8 Å². The Balaban J connectivity index is 2.56. The first kappa shape index (κ1) is 22.8. The minimum atomic E-state index is -0.737. The molecule has 146 valence electrons. The first-order valence-electron chi connectivity index (χ1n) is 10.2. The lowest BCUT2D eigenvalue weighted by Gasteiger charge is -2.48. The maximum Gasteiger partial charge on any atom is 0.0947 e. The third-order valence-electron chi connectivity index (χ3n) is 5.39. The highest BCUT2D eigenvalue weighted by Gasteiger charge is 2.47. The molecule has 0 radical (unpaired) electrons. The number of hydrogen-bond acceptors (Lipinski definition) is 2. The zero-order valence-electron chi connectivity index (χ0n) is 17.9. The van der Waals surface area contributed by atoms with E-state index < -0.39 is 5.60 Å². The van der Waals surface area contributed by atoms with E-state index in [4.69, 9.17) is 0 Å². The van der Waals surface area contributed by atoms with Gasteiger partial charge in [0.1, 0.15) is 0 Å². The normalized spacial score (nSPS) is 21.9. The Hall–Kier alpha value is -0.210. The molecule has 1 unspecified atom stereocenters. The van der Waals surface area contributed by atoms with Crippen molar-refractivity contribution in [3.63, 3.8) is 0 Å². The molecule has 0 aromatic heterocycles. The second kappa shape index (κ2) is 9.65. The van der Waals surface area contributed by atoms with Gasteiger partial charge in [-0.3, -0.25) is 0 Å². The van der Waals surface area contributed by atoms with Gasteiger partial charge in [0.25, 0.3) is 0 Å². The van der Waals surface area contributed by atoms with Crippen LogP contribution in [0.25, 0.3) is 0 Å². The Morgan fingerprint density at radius 2 is 1.60 bits per heavy atom. The van der Waals surface area contributed by atoms with Crippen LogP contribution in [0.4, 0.5) is 0 Å². The lowest BCUT2D eigenvalue weighted by molar-refractivity contribution is -0.0364. The fraction of sp³-hybridized carbons (Fsp3) is 0.826. The van der Waals surface area contributed by atoms with Crippen molar-refractivity contribution in [3.05, 3.63) is 23.3 Å². The third kappa shape index (κ3) is 6.79. The van der Waals surface area contributed by atoms with E-state index in [1.807, 2.05) is 11.8 Å². The van der Waals surface area contributed by atoms with E-state index in [-0.39, 0.29) is 10.8 Å². The van der Waals surface area contributed by atoms with Crippen molar-refractivity contribution < 1.29 is 5.11 Å². The highest BCUT2D eigenvalue weighted by molar-refractivity contribution is 7.99. The van der Waals surface area contributed by atoms with Crippen molar-refractivity contribution in [3.8, 4) is 0 Å². The molecule has 0 aliphatic heterocycles. The zero-order chi connectivity index (χ0) is 19.1. The van der Waals surface area contributed by atoms with Gasteiger partial charge >= 0.3 is 0 Å². The first-order chi connectivity index (χ1) is 11.5. The Kier molecular flexibility index (Phi) is 8.81. The van der Waals surface area contributed by atoms with Crippen molar-refractivity contribution in [2.24, 2.45) is 10.8 Å². The van der Waals surface area contributed by atoms with E-state index in [0.717, 1.165) is 12.2 Å². The second-order valence-corrected chi connectivity index (χ2v) is 10.8. The molecule has 1 aliphatic rings. The molecule has 1 rings (SSSR count). The molecule has 1 N–H and O–H groups in total. The summed E-state index contributed by atoms with van der Waals surface area (Å²) in [5.41, 5.74) is 1.70. The zero-order valence-corrected chi connectivity index (χ0v) is 18.7. The predicted molar refractivity (Wildman–Crippen MR) is 115 cm³/mol. The van der Waals surface area contributed by atoms with Crippen molar-refractivity contribution in [1.29, 1.82) is 0 Å². The maximum absolute atomic E-state index is 11.4. The molecule has 2 heteroatoms. The summed E-state index contributed by atoms with van der Waals surface area (Å²) in [6.07, 6.45) is 13.5. The van der Waals surface area contributed by atoms with E-state index >= 15 is 0 Å². The van der Waals surface area contributed by atoms with Gasteiger partial charge in [-0.1, -0.05) is 92.7 Å². The minimum absolute atomic E-state index is 0.00845. The lowest BCUT2D eigenvalue weighted by atomic mass is 9.61. The Labute approximate surface area is 161 Å². The van der Waals surface area contributed by atoms with Gasteiger partial charge < -0.3 is 5.11 Å². The van der Waals surface area contributed by atoms with Crippen molar-refractivity contribution in [1.82, 2.24) is 0 Å². The van der Waals surface area contributed by atoms with Gasteiger partial charge in [0.05, 0.1) is 5.60 Å². The summed E-state index contributed by atoms with van der Waals surface area (Å²) in [6.45, 7) is 15.4. The third-order valence-corrected chi connectivity index (χ3v) is 6.51. The molecule has 25 heavy (non-hydrogen) atoms. The van der Waals surface area contributed by atoms with Gasteiger partial charge in [0.15, 0.2) is 0 Å². The molecule has 0 saturated carbocycles. The van der Waals surface area contributed by atoms with Crippen LogP contribution in [-0.2, 0) is 0 Å². The molecule has 0 saturated heterocycles. The Bertz CT molecular complexity index is 461. The topological polar surface area (TPSA) is 20.2 Å². The smallest absolute Gasteiger partial charge is 0.0947 e. The molecular formula is C23H42OS. The molecule has 0 aromatic rings. The fourth-order valence-corrected chi connectivity index (χ4v) is 4.56. The number of hydrogen-bond donors (Lipinski definition) is 1. The fourth-order valence-electron chi connectivity index (χ4n) is 3.57. The Morgan fingerprint density at radius 1 is 1.00 bits per heavy atom. The molecular weight excluding hydrogens is 324 g/mol. The lowest BCUT2D eigenvalue weighted by Crippen LogP contribution is -2.48. The van der Waals surface area contributed by atoms with Gasteiger partial charge in [0.2, 0.25) is 0 Å². The molecule has 0 fully saturated rings. The van der Waals surface area contributed by atoms with Crippen LogP contribution in [0, 0.1) is 10.8 Å². The number of aliphatic hydroxyl groups is 1. The van der Waals surface area contributed by atoms with E-state index in [0.29, 0.717) is 0 Å². The monoisotopic (exact) mass is 366 g/mol. The maximum atomic E-state index is 11.4. The molecule has 1 aliphatic carbocycles. The van der Waals surface area contributed by atoms with E-state index in [1.165, 1.54) is 55.4 Å². The molecule has 0 spiro atoms. The summed E-state index contributed by atoms with van der Waals surface area (Å²) in [7, 11) is 0. The minimum Gasteiger partial charge on any atom is -0.385 e. The summed E-state index contributed by atoms with van der Waals surface area (Å²) < 4.78 is 0. The van der Waals surface area contributed by atoms with Crippen LogP contribution >= 0.6 is 11.8 Å². The molecule has 0 bridgehead atoms. The number of unbranched alkanes of at least 4 members (excludes halogenated alkanes) is 5. The van der Waals surface area contributed by atoms with Gasteiger partial charge in [-0.15, -0.1) is 0 Å². The average Bonchev–Trinajstić information content (AvgIpc) is 2.49. The molecule has 0 aromatic carbocycles. The summed E-state index contributed by atoms with van der Waals surface area (Å²) >= 11 is 2.05. The van der Waals surface area contributed by atoms with E-state index in [1.54, 1.807) is 0 Å². The molecule has 1 nitrogen and oxygen atoms in total. The summed E-state index contributed by atoms with van der Waals surface area (Å²) in [5, 5.41) is 11.4. The SMILES string of the molecule is CCCCCCCCSCC1=CCC(O)(C(C)(C)C)C(C(C)(C)C)=C1. The summed E-state index contributed by atoms with van der Waals surface area (Å²) in [5.74, 6) is 2.33. The van der Waals surface area contributed by atoms with Gasteiger partial charge in [-0.05, 0) is 40.6 Å². The predicted octanol–water partition coefficient (Wildman–Crippen LogP) is 7.16. The molecule has 0 heterocycles. The van der Waals surface area contributed by atoms with Crippen LogP contribution in [0.15, 0.2) is 23.3 Å². The highest BCUT2D eigenvalue weighted by Crippen LogP contribution is 2.49. The number of thioether (sulfide) groups is 1. The Morgan fingerprint density at radius 3 is 2.16 bits per heavy atom. The standard InChI is InChI=1S/C23H42OS/c1-8-9-10-11-12-13-16-25-18-19-14-15-23(24,22(5,6)7)20(17-19)21(2,3)4/h14,17,24H,8-13,15-16,18H2,1-7H3. The van der Waals surface area contributed by atoms with Crippen molar-refractivity contribution in [2.45, 2.75) is 99.0 Å². The average molecular weight is 367 g/mol. The van der Waals surface area contributed by atoms with Crippen LogP contribution in [0.1, 0.15) is 93.4 Å². The van der Waals surface area contributed by atoms with E-state index in [2.05, 4.69) is 60.6 Å². The first-order valence-corrected chi connectivity index (χ1v) is 11.4. The molecule has 0 amide bonds. The second-order valence-electron chi connectivity index (χ2n) is 9.72. The van der Waals surface area contributed by atoms with Gasteiger partial charge in [-0.25, -0.2) is 0 Å². The highest BCUT2D eigenvalue weighted by atomic mass is 32.2. The van der Waals surface area contributed by atoms with Crippen LogP contribution in [0.2, 0.25) is 0 Å². The van der Waals surface area contributed by atoms with Crippen molar-refractivity contribution >= 4 is 11.8 Å². The number of allylic oxidation sites excluding steroid dienone is 1. The van der Waals surface area contributed by atoms with Gasteiger partial charge in [0, 0.05) is 5.75 Å².